The van der Waals surface area contributed by atoms with Gasteiger partial charge in [-0.2, -0.15) is 0 Å². The molecule has 0 saturated carbocycles. The van der Waals surface area contributed by atoms with Gasteiger partial charge in [0.05, 0.1) is 17.6 Å². The summed E-state index contributed by atoms with van der Waals surface area (Å²) in [5.74, 6) is -0.347. The average molecular weight is 460 g/mol. The molecule has 5 rings (SSSR count). The first kappa shape index (κ1) is 22.1. The largest absolute Gasteiger partial charge is 0.397 e. The van der Waals surface area contributed by atoms with E-state index in [1.54, 1.807) is 16.9 Å². The van der Waals surface area contributed by atoms with E-state index in [0.717, 1.165) is 17.5 Å². The van der Waals surface area contributed by atoms with Crippen LogP contribution >= 0.6 is 0 Å². The minimum atomic E-state index is -0.347. The Labute approximate surface area is 204 Å². The van der Waals surface area contributed by atoms with Crippen LogP contribution in [0.25, 0.3) is 22.3 Å². The number of carbonyl (C=O) groups excluding carboxylic acids is 1. The molecule has 0 aliphatic carbocycles. The molecule has 0 spiro atoms. The maximum absolute atomic E-state index is 12.8. The number of nitrogens with one attached hydrogen (secondary N) is 1. The van der Waals surface area contributed by atoms with Crippen LogP contribution in [0.15, 0.2) is 109 Å². The maximum Gasteiger partial charge on any atom is 0.277 e. The number of amides is 1. The molecule has 6 heteroatoms. The molecule has 0 fully saturated rings. The zero-order valence-electron chi connectivity index (χ0n) is 19.1. The van der Waals surface area contributed by atoms with Gasteiger partial charge in [0.1, 0.15) is 0 Å². The molecule has 1 aromatic heterocycles. The van der Waals surface area contributed by atoms with Crippen LogP contribution in [0.3, 0.4) is 0 Å². The fourth-order valence-corrected chi connectivity index (χ4v) is 3.91. The molecule has 0 radical (unpaired) electrons. The average Bonchev–Trinajstić information content (AvgIpc) is 3.39. The Morgan fingerprint density at radius 1 is 0.771 bits per heavy atom. The zero-order chi connectivity index (χ0) is 24.0. The van der Waals surface area contributed by atoms with Gasteiger partial charge in [-0.1, -0.05) is 96.2 Å². The molecule has 0 saturated heterocycles. The number of hydrogen-bond acceptors (Lipinski definition) is 4. The molecule has 0 atom stereocenters. The van der Waals surface area contributed by atoms with Crippen molar-refractivity contribution < 1.29 is 4.79 Å². The molecule has 0 aliphatic heterocycles. The molecule has 3 N–H and O–H groups in total. The first-order valence-electron chi connectivity index (χ1n) is 11.5. The molecule has 4 aromatic carbocycles. The van der Waals surface area contributed by atoms with Crippen molar-refractivity contribution in [2.75, 3.05) is 11.1 Å². The topological polar surface area (TPSA) is 85.8 Å². The third-order valence-electron chi connectivity index (χ3n) is 5.87. The predicted octanol–water partition coefficient (Wildman–Crippen LogP) is 5.69. The Kier molecular flexibility index (Phi) is 6.35. The predicted molar refractivity (Wildman–Crippen MR) is 140 cm³/mol. The SMILES string of the molecule is Nc1ccc(-c2ccccc2)cc1NC(=O)c1cn(CCc2ccc(-c3ccccc3)cc2)nn1. The number of rotatable bonds is 7. The number of aromatic nitrogens is 3. The summed E-state index contributed by atoms with van der Waals surface area (Å²) in [7, 11) is 0. The highest BCUT2D eigenvalue weighted by Crippen LogP contribution is 2.27. The molecule has 5 aromatic rings. The molecule has 6 nitrogen and oxygen atoms in total. The lowest BCUT2D eigenvalue weighted by molar-refractivity contribution is 0.102. The highest BCUT2D eigenvalue weighted by atomic mass is 16.2. The molecule has 1 amide bonds. The normalized spacial score (nSPS) is 10.7. The molecule has 0 unspecified atom stereocenters. The second kappa shape index (κ2) is 10.1. The van der Waals surface area contributed by atoms with Crippen LogP contribution < -0.4 is 11.1 Å². The van der Waals surface area contributed by atoms with E-state index in [0.29, 0.717) is 17.9 Å². The highest BCUT2D eigenvalue weighted by Gasteiger charge is 2.13. The second-order valence-corrected chi connectivity index (χ2v) is 8.30. The van der Waals surface area contributed by atoms with Crippen molar-refractivity contribution in [1.82, 2.24) is 15.0 Å². The van der Waals surface area contributed by atoms with E-state index < -0.39 is 0 Å². The van der Waals surface area contributed by atoms with Gasteiger partial charge in [-0.25, -0.2) is 0 Å². The summed E-state index contributed by atoms with van der Waals surface area (Å²) >= 11 is 0. The van der Waals surface area contributed by atoms with Crippen LogP contribution in [0, 0.1) is 0 Å². The van der Waals surface area contributed by atoms with Crippen LogP contribution in [-0.4, -0.2) is 20.9 Å². The molecule has 1 heterocycles. The molecular formula is C29H25N5O. The highest BCUT2D eigenvalue weighted by molar-refractivity contribution is 6.04. The third kappa shape index (κ3) is 5.28. The van der Waals surface area contributed by atoms with Crippen LogP contribution in [0.1, 0.15) is 16.1 Å². The lowest BCUT2D eigenvalue weighted by atomic mass is 10.0. The first-order chi connectivity index (χ1) is 17.2. The van der Waals surface area contributed by atoms with Gasteiger partial charge in [0, 0.05) is 6.54 Å². The van der Waals surface area contributed by atoms with Gasteiger partial charge < -0.3 is 11.1 Å². The quantitative estimate of drug-likeness (QED) is 0.306. The van der Waals surface area contributed by atoms with Crippen molar-refractivity contribution in [3.63, 3.8) is 0 Å². The standard InChI is InChI=1S/C29H25N5O/c30-26-16-15-25(23-9-5-2-6-10-23)19-27(26)31-29(35)28-20-34(33-32-28)18-17-21-11-13-24(14-12-21)22-7-3-1-4-8-22/h1-16,19-20H,17-18,30H2,(H,31,35). The second-order valence-electron chi connectivity index (χ2n) is 8.30. The van der Waals surface area contributed by atoms with Crippen molar-refractivity contribution in [1.29, 1.82) is 0 Å². The minimum absolute atomic E-state index is 0.244. The Balaban J connectivity index is 1.22. The lowest BCUT2D eigenvalue weighted by Gasteiger charge is -2.09. The molecular weight excluding hydrogens is 434 g/mol. The van der Waals surface area contributed by atoms with E-state index in [1.807, 2.05) is 60.7 Å². The van der Waals surface area contributed by atoms with Crippen LogP contribution in [0.2, 0.25) is 0 Å². The van der Waals surface area contributed by atoms with Crippen LogP contribution in [0.4, 0.5) is 11.4 Å². The Bertz CT molecular complexity index is 1430. The van der Waals surface area contributed by atoms with Gasteiger partial charge in [-0.3, -0.25) is 9.48 Å². The summed E-state index contributed by atoms with van der Waals surface area (Å²) in [6, 6.07) is 34.3. The number of benzene rings is 4. The monoisotopic (exact) mass is 459 g/mol. The van der Waals surface area contributed by atoms with E-state index in [9.17, 15) is 4.79 Å². The van der Waals surface area contributed by atoms with E-state index in [1.165, 1.54) is 16.7 Å². The summed E-state index contributed by atoms with van der Waals surface area (Å²) < 4.78 is 1.68. The number of nitrogens with zero attached hydrogens (tertiary/aromatic N) is 3. The zero-order valence-corrected chi connectivity index (χ0v) is 19.1. The van der Waals surface area contributed by atoms with Crippen LogP contribution in [0.5, 0.6) is 0 Å². The summed E-state index contributed by atoms with van der Waals surface area (Å²) in [4.78, 5) is 12.8. The molecule has 35 heavy (non-hydrogen) atoms. The Hall–Kier alpha value is -4.71. The van der Waals surface area contributed by atoms with Crippen LogP contribution in [-0.2, 0) is 13.0 Å². The number of carbonyl (C=O) groups is 1. The fourth-order valence-electron chi connectivity index (χ4n) is 3.91. The maximum atomic E-state index is 12.8. The minimum Gasteiger partial charge on any atom is -0.397 e. The van der Waals surface area contributed by atoms with E-state index in [4.69, 9.17) is 5.73 Å². The molecule has 172 valence electrons. The van der Waals surface area contributed by atoms with E-state index >= 15 is 0 Å². The van der Waals surface area contributed by atoms with Gasteiger partial charge >= 0.3 is 0 Å². The van der Waals surface area contributed by atoms with Gasteiger partial charge in [-0.15, -0.1) is 5.10 Å². The van der Waals surface area contributed by atoms with Gasteiger partial charge in [-0.05, 0) is 46.4 Å². The molecule has 0 bridgehead atoms. The van der Waals surface area contributed by atoms with E-state index in [2.05, 4.69) is 52.0 Å². The molecule has 0 aliphatic rings. The summed E-state index contributed by atoms with van der Waals surface area (Å²) in [6.45, 7) is 0.622. The van der Waals surface area contributed by atoms with Crippen molar-refractivity contribution in [2.24, 2.45) is 0 Å². The summed E-state index contributed by atoms with van der Waals surface area (Å²) in [5, 5.41) is 11.0. The summed E-state index contributed by atoms with van der Waals surface area (Å²) in [6.07, 6.45) is 2.44. The number of nitrogen functional groups attached to an aromatic ring is 1. The van der Waals surface area contributed by atoms with Crippen molar-refractivity contribution in [3.05, 3.63) is 121 Å². The van der Waals surface area contributed by atoms with Gasteiger partial charge in [0.25, 0.3) is 5.91 Å². The number of aryl methyl sites for hydroxylation is 2. The van der Waals surface area contributed by atoms with E-state index in [-0.39, 0.29) is 11.6 Å². The number of anilines is 2. The first-order valence-corrected chi connectivity index (χ1v) is 11.5. The number of hydrogen-bond donors (Lipinski definition) is 2. The fraction of sp³-hybridized carbons (Fsp3) is 0.0690. The van der Waals surface area contributed by atoms with Gasteiger partial charge in [0.2, 0.25) is 0 Å². The third-order valence-corrected chi connectivity index (χ3v) is 5.87. The Morgan fingerprint density at radius 2 is 1.37 bits per heavy atom. The summed E-state index contributed by atoms with van der Waals surface area (Å²) in [5.41, 5.74) is 13.0. The van der Waals surface area contributed by atoms with Crippen molar-refractivity contribution in [3.8, 4) is 22.3 Å². The van der Waals surface area contributed by atoms with Crippen molar-refractivity contribution in [2.45, 2.75) is 13.0 Å². The Morgan fingerprint density at radius 3 is 2.06 bits per heavy atom. The smallest absolute Gasteiger partial charge is 0.277 e. The number of nitrogens with two attached hydrogens (primary N) is 1. The van der Waals surface area contributed by atoms with Crippen molar-refractivity contribution >= 4 is 17.3 Å². The van der Waals surface area contributed by atoms with Gasteiger partial charge in [0.15, 0.2) is 5.69 Å². The lowest BCUT2D eigenvalue weighted by Crippen LogP contribution is -2.14.